The molecule has 0 aliphatic rings. The van der Waals surface area contributed by atoms with Gasteiger partial charge in [-0.3, -0.25) is 0 Å². The van der Waals surface area contributed by atoms with Crippen LogP contribution in [0.4, 0.5) is 0 Å². The molecule has 0 saturated carbocycles. The minimum Gasteiger partial charge on any atom is -0.487 e. The second-order valence-electron chi connectivity index (χ2n) is 7.88. The first-order valence-electron chi connectivity index (χ1n) is 10.9. The van der Waals surface area contributed by atoms with Crippen molar-refractivity contribution >= 4 is 28.6 Å². The highest BCUT2D eigenvalue weighted by Crippen LogP contribution is 2.30. The fourth-order valence-electron chi connectivity index (χ4n) is 3.27. The summed E-state index contributed by atoms with van der Waals surface area (Å²) in [5, 5.41) is 5.89. The van der Waals surface area contributed by atoms with Crippen LogP contribution in [0.5, 0.6) is 5.75 Å². The lowest BCUT2D eigenvalue weighted by atomic mass is 10.1. The van der Waals surface area contributed by atoms with Crippen molar-refractivity contribution in [2.45, 2.75) is 33.1 Å². The van der Waals surface area contributed by atoms with Gasteiger partial charge in [0.2, 0.25) is 0 Å². The Bertz CT molecular complexity index is 1040. The maximum Gasteiger partial charge on any atom is 0.179 e. The number of nitrogens with zero attached hydrogens (tertiary/aromatic N) is 1. The first-order chi connectivity index (χ1) is 15.9. The molecular weight excluding hydrogens is 452 g/mol. The van der Waals surface area contributed by atoms with E-state index in [-0.39, 0.29) is 6.10 Å². The van der Waals surface area contributed by atoms with E-state index in [4.69, 9.17) is 21.1 Å². The number of halogens is 1. The second kappa shape index (κ2) is 12.4. The summed E-state index contributed by atoms with van der Waals surface area (Å²) in [5.41, 5.74) is 2.96. The zero-order valence-corrected chi connectivity index (χ0v) is 20.8. The maximum atomic E-state index is 6.56. The number of ether oxygens (including phenoxy) is 2. The highest BCUT2D eigenvalue weighted by Gasteiger charge is 2.14. The Balaban J connectivity index is 1.66. The summed E-state index contributed by atoms with van der Waals surface area (Å²) in [6.07, 6.45) is 0.0898. The highest BCUT2D eigenvalue weighted by atomic mass is 35.5. The average molecular weight is 483 g/mol. The number of benzene rings is 2. The minimum atomic E-state index is 0.0898. The van der Waals surface area contributed by atoms with E-state index >= 15 is 0 Å². The molecule has 6 heteroatoms. The Labute approximate surface area is 206 Å². The Morgan fingerprint density at radius 2 is 1.88 bits per heavy atom. The molecule has 0 fully saturated rings. The molecule has 1 aromatic heterocycles. The topological polar surface area (TPSA) is 33.7 Å². The van der Waals surface area contributed by atoms with E-state index < -0.39 is 0 Å². The summed E-state index contributed by atoms with van der Waals surface area (Å²) >= 11 is 8.29. The zero-order valence-electron chi connectivity index (χ0n) is 19.2. The van der Waals surface area contributed by atoms with Crippen LogP contribution in [0.1, 0.15) is 29.9 Å². The molecule has 3 rings (SSSR count). The van der Waals surface area contributed by atoms with Crippen LogP contribution in [0.25, 0.3) is 5.70 Å². The number of rotatable bonds is 13. The van der Waals surface area contributed by atoms with E-state index in [2.05, 4.69) is 40.9 Å². The minimum absolute atomic E-state index is 0.0898. The SMILES string of the molecule is C=C(NCCN(Cc1cccs1)C(=C)c1ccc(OCc2ccccc2)c(Cl)c1)OC(C)C. The van der Waals surface area contributed by atoms with Crippen LogP contribution in [-0.4, -0.2) is 24.1 Å². The normalized spacial score (nSPS) is 10.7. The fraction of sp³-hybridized carbons (Fsp3) is 0.259. The van der Waals surface area contributed by atoms with Gasteiger partial charge < -0.3 is 19.7 Å². The Kier molecular flexibility index (Phi) is 9.28. The molecule has 33 heavy (non-hydrogen) atoms. The molecule has 0 aliphatic carbocycles. The number of hydrogen-bond donors (Lipinski definition) is 1. The molecule has 1 N–H and O–H groups in total. The van der Waals surface area contributed by atoms with Crippen molar-refractivity contribution in [2.75, 3.05) is 13.1 Å². The van der Waals surface area contributed by atoms with Crippen molar-refractivity contribution in [1.29, 1.82) is 0 Å². The molecule has 0 saturated heterocycles. The molecule has 0 radical (unpaired) electrons. The summed E-state index contributed by atoms with van der Waals surface area (Å²) in [6.45, 7) is 14.9. The van der Waals surface area contributed by atoms with E-state index in [1.807, 2.05) is 62.4 Å². The number of nitrogens with one attached hydrogen (secondary N) is 1. The Morgan fingerprint density at radius 1 is 1.09 bits per heavy atom. The van der Waals surface area contributed by atoms with Crippen LogP contribution in [0, 0.1) is 0 Å². The Morgan fingerprint density at radius 3 is 2.55 bits per heavy atom. The van der Waals surface area contributed by atoms with Gasteiger partial charge in [-0.1, -0.05) is 54.6 Å². The summed E-state index contributed by atoms with van der Waals surface area (Å²) in [5.74, 6) is 1.24. The molecule has 4 nitrogen and oxygen atoms in total. The molecule has 0 unspecified atom stereocenters. The van der Waals surface area contributed by atoms with Gasteiger partial charge in [0, 0.05) is 23.7 Å². The van der Waals surface area contributed by atoms with Gasteiger partial charge in [0.25, 0.3) is 0 Å². The third kappa shape index (κ3) is 7.88. The molecular formula is C27H31ClN2O2S. The molecule has 0 atom stereocenters. The molecule has 0 amide bonds. The lowest BCUT2D eigenvalue weighted by molar-refractivity contribution is 0.131. The van der Waals surface area contributed by atoms with Crippen molar-refractivity contribution in [3.63, 3.8) is 0 Å². The van der Waals surface area contributed by atoms with Crippen LogP contribution in [0.2, 0.25) is 5.02 Å². The van der Waals surface area contributed by atoms with Crippen molar-refractivity contribution in [2.24, 2.45) is 0 Å². The van der Waals surface area contributed by atoms with Crippen molar-refractivity contribution in [1.82, 2.24) is 10.2 Å². The summed E-state index contributed by atoms with van der Waals surface area (Å²) in [4.78, 5) is 3.50. The van der Waals surface area contributed by atoms with Crippen molar-refractivity contribution < 1.29 is 9.47 Å². The molecule has 2 aromatic carbocycles. The molecule has 3 aromatic rings. The van der Waals surface area contributed by atoms with Crippen LogP contribution >= 0.6 is 22.9 Å². The van der Waals surface area contributed by atoms with E-state index in [1.165, 1.54) is 4.88 Å². The van der Waals surface area contributed by atoms with Gasteiger partial charge in [0.15, 0.2) is 5.88 Å². The molecule has 0 spiro atoms. The number of hydrogen-bond acceptors (Lipinski definition) is 5. The summed E-state index contributed by atoms with van der Waals surface area (Å²) < 4.78 is 11.5. The predicted octanol–water partition coefficient (Wildman–Crippen LogP) is 6.94. The third-order valence-corrected chi connectivity index (χ3v) is 6.05. The van der Waals surface area contributed by atoms with Crippen LogP contribution in [0.15, 0.2) is 85.1 Å². The fourth-order valence-corrected chi connectivity index (χ4v) is 4.23. The Hall–Kier alpha value is -2.89. The van der Waals surface area contributed by atoms with Gasteiger partial charge in [-0.15, -0.1) is 11.3 Å². The first kappa shape index (κ1) is 24.7. The van der Waals surface area contributed by atoms with Crippen molar-refractivity contribution in [3.05, 3.63) is 106 Å². The smallest absolute Gasteiger partial charge is 0.179 e. The van der Waals surface area contributed by atoms with E-state index in [1.54, 1.807) is 11.3 Å². The standard InChI is InChI=1S/C27H31ClN2O2S/c1-20(2)32-22(4)29-14-15-30(18-25-11-8-16-33-25)21(3)24-12-13-27(26(28)17-24)31-19-23-9-6-5-7-10-23/h5-13,16-17,20,29H,3-4,14-15,18-19H2,1-2H3. The summed E-state index contributed by atoms with van der Waals surface area (Å²) in [7, 11) is 0. The predicted molar refractivity (Wildman–Crippen MR) is 139 cm³/mol. The first-order valence-corrected chi connectivity index (χ1v) is 12.2. The second-order valence-corrected chi connectivity index (χ2v) is 9.32. The van der Waals surface area contributed by atoms with Crippen LogP contribution in [0.3, 0.4) is 0 Å². The van der Waals surface area contributed by atoms with Gasteiger partial charge in [0.1, 0.15) is 12.4 Å². The average Bonchev–Trinajstić information content (AvgIpc) is 3.30. The molecule has 0 aliphatic heterocycles. The van der Waals surface area contributed by atoms with Gasteiger partial charge in [-0.05, 0) is 61.2 Å². The van der Waals surface area contributed by atoms with Crippen LogP contribution < -0.4 is 10.1 Å². The maximum absolute atomic E-state index is 6.56. The van der Waals surface area contributed by atoms with Gasteiger partial charge in [-0.25, -0.2) is 0 Å². The van der Waals surface area contributed by atoms with Gasteiger partial charge >= 0.3 is 0 Å². The lowest BCUT2D eigenvalue weighted by Gasteiger charge is -2.27. The molecule has 0 bridgehead atoms. The van der Waals surface area contributed by atoms with E-state index in [0.29, 0.717) is 29.8 Å². The summed E-state index contributed by atoms with van der Waals surface area (Å²) in [6, 6.07) is 20.1. The van der Waals surface area contributed by atoms with E-state index in [0.717, 1.165) is 29.9 Å². The zero-order chi connectivity index (χ0) is 23.6. The third-order valence-electron chi connectivity index (χ3n) is 4.89. The monoisotopic (exact) mass is 482 g/mol. The van der Waals surface area contributed by atoms with Gasteiger partial charge in [0.05, 0.1) is 17.7 Å². The lowest BCUT2D eigenvalue weighted by Crippen LogP contribution is -2.31. The highest BCUT2D eigenvalue weighted by molar-refractivity contribution is 7.09. The molecule has 1 heterocycles. The quantitative estimate of drug-likeness (QED) is 0.267. The van der Waals surface area contributed by atoms with Crippen molar-refractivity contribution in [3.8, 4) is 5.75 Å². The van der Waals surface area contributed by atoms with E-state index in [9.17, 15) is 0 Å². The van der Waals surface area contributed by atoms with Crippen LogP contribution in [-0.2, 0) is 17.9 Å². The molecule has 174 valence electrons. The largest absolute Gasteiger partial charge is 0.487 e. The van der Waals surface area contributed by atoms with Gasteiger partial charge in [-0.2, -0.15) is 0 Å². The number of thiophene rings is 1.